The van der Waals surface area contributed by atoms with Crippen LogP contribution in [0.5, 0.6) is 0 Å². The molecular formula is C17H26N4O3S. The summed E-state index contributed by atoms with van der Waals surface area (Å²) in [6.07, 6.45) is 5.53. The minimum atomic E-state index is -1.21. The van der Waals surface area contributed by atoms with Crippen LogP contribution < -0.4 is 16.4 Å². The summed E-state index contributed by atoms with van der Waals surface area (Å²) in [7, 11) is 0. The van der Waals surface area contributed by atoms with E-state index in [9.17, 15) is 14.4 Å². The third-order valence-electron chi connectivity index (χ3n) is 4.69. The van der Waals surface area contributed by atoms with Gasteiger partial charge < -0.3 is 16.4 Å². The lowest BCUT2D eigenvalue weighted by Gasteiger charge is -2.21. The average molecular weight is 366 g/mol. The van der Waals surface area contributed by atoms with Crippen LogP contribution in [-0.4, -0.2) is 35.3 Å². The summed E-state index contributed by atoms with van der Waals surface area (Å²) in [5.74, 6) is -0.644. The van der Waals surface area contributed by atoms with Gasteiger partial charge in [-0.05, 0) is 39.0 Å². The van der Waals surface area contributed by atoms with Crippen molar-refractivity contribution in [1.82, 2.24) is 15.6 Å². The first kappa shape index (κ1) is 19.4. The smallest absolute Gasteiger partial charge is 0.235 e. The zero-order chi connectivity index (χ0) is 18.4. The van der Waals surface area contributed by atoms with Gasteiger partial charge in [-0.15, -0.1) is 11.3 Å². The Morgan fingerprint density at radius 3 is 2.76 bits per heavy atom. The highest BCUT2D eigenvalue weighted by atomic mass is 32.1. The van der Waals surface area contributed by atoms with Crippen LogP contribution >= 0.6 is 11.3 Å². The van der Waals surface area contributed by atoms with Gasteiger partial charge in [0.2, 0.25) is 17.7 Å². The van der Waals surface area contributed by atoms with Crippen LogP contribution in [0.4, 0.5) is 0 Å². The van der Waals surface area contributed by atoms with Gasteiger partial charge in [-0.2, -0.15) is 0 Å². The summed E-state index contributed by atoms with van der Waals surface area (Å²) in [5.41, 5.74) is 4.04. The molecule has 0 radical (unpaired) electrons. The van der Waals surface area contributed by atoms with Crippen LogP contribution in [0.2, 0.25) is 0 Å². The van der Waals surface area contributed by atoms with Gasteiger partial charge in [0.15, 0.2) is 0 Å². The van der Waals surface area contributed by atoms with Gasteiger partial charge in [0.05, 0.1) is 5.01 Å². The number of nitrogens with one attached hydrogen (secondary N) is 2. The van der Waals surface area contributed by atoms with Gasteiger partial charge >= 0.3 is 0 Å². The van der Waals surface area contributed by atoms with Crippen molar-refractivity contribution in [1.29, 1.82) is 0 Å². The van der Waals surface area contributed by atoms with Gasteiger partial charge in [-0.1, -0.05) is 0 Å². The van der Waals surface area contributed by atoms with E-state index >= 15 is 0 Å². The predicted octanol–water partition coefficient (Wildman–Crippen LogP) is 0.988. The number of primary amides is 1. The molecule has 1 saturated carbocycles. The lowest BCUT2D eigenvalue weighted by Crippen LogP contribution is -2.46. The Labute approximate surface area is 151 Å². The highest BCUT2D eigenvalue weighted by Gasteiger charge is 2.34. The third-order valence-corrected chi connectivity index (χ3v) is 5.53. The largest absolute Gasteiger partial charge is 0.369 e. The standard InChI is InChI=1S/C17H26N4O3S/c1-17(2,15(18)23)16(24)20-10-11-3-4-12(9-11)21-13(22)5-6-14-19-7-8-25-14/h7-8,11-12H,3-6,9-10H2,1-2H3,(H2,18,23)(H,20,24)(H,21,22)/t11-,12+/m0/s1. The van der Waals surface area contributed by atoms with E-state index in [4.69, 9.17) is 5.73 Å². The Bertz CT molecular complexity index is 615. The summed E-state index contributed by atoms with van der Waals surface area (Å²) >= 11 is 1.56. The molecule has 7 nitrogen and oxygen atoms in total. The van der Waals surface area contributed by atoms with Gasteiger partial charge in [0, 0.05) is 37.0 Å². The summed E-state index contributed by atoms with van der Waals surface area (Å²) in [6.45, 7) is 3.54. The number of rotatable bonds is 8. The molecule has 1 heterocycles. The summed E-state index contributed by atoms with van der Waals surface area (Å²) in [6, 6.07) is 0.148. The molecule has 0 saturated heterocycles. The Hall–Kier alpha value is -1.96. The Kier molecular flexibility index (Phi) is 6.52. The van der Waals surface area contributed by atoms with Gasteiger partial charge in [-0.3, -0.25) is 14.4 Å². The average Bonchev–Trinajstić information content (AvgIpc) is 3.22. The highest BCUT2D eigenvalue weighted by Crippen LogP contribution is 2.25. The van der Waals surface area contributed by atoms with E-state index in [0.717, 1.165) is 24.3 Å². The molecule has 138 valence electrons. The molecule has 1 aliphatic rings. The maximum atomic E-state index is 12.0. The molecular weight excluding hydrogens is 340 g/mol. The number of carbonyl (C=O) groups is 3. The molecule has 1 aliphatic carbocycles. The normalized spacial score (nSPS) is 20.2. The molecule has 1 aromatic rings. The van der Waals surface area contributed by atoms with Crippen molar-refractivity contribution in [2.24, 2.45) is 17.1 Å². The van der Waals surface area contributed by atoms with Crippen molar-refractivity contribution in [3.8, 4) is 0 Å². The first-order valence-corrected chi connectivity index (χ1v) is 9.43. The number of carbonyl (C=O) groups excluding carboxylic acids is 3. The van der Waals surface area contributed by atoms with E-state index in [0.29, 0.717) is 25.3 Å². The first-order chi connectivity index (χ1) is 11.8. The van der Waals surface area contributed by atoms with E-state index in [1.54, 1.807) is 17.5 Å². The number of thiazole rings is 1. The van der Waals surface area contributed by atoms with Crippen LogP contribution in [0.25, 0.3) is 0 Å². The van der Waals surface area contributed by atoms with Crippen molar-refractivity contribution in [2.75, 3.05) is 6.54 Å². The molecule has 0 aliphatic heterocycles. The molecule has 3 amide bonds. The van der Waals surface area contributed by atoms with E-state index < -0.39 is 11.3 Å². The van der Waals surface area contributed by atoms with E-state index in [1.165, 1.54) is 13.8 Å². The lowest BCUT2D eigenvalue weighted by molar-refractivity contribution is -0.139. The Morgan fingerprint density at radius 2 is 2.12 bits per heavy atom. The summed E-state index contributed by atoms with van der Waals surface area (Å²) in [5, 5.41) is 8.74. The number of aromatic nitrogens is 1. The van der Waals surface area contributed by atoms with Gasteiger partial charge in [0.1, 0.15) is 5.41 Å². The second kappa shape index (κ2) is 8.42. The maximum absolute atomic E-state index is 12.0. The van der Waals surface area contributed by atoms with Crippen molar-refractivity contribution in [2.45, 2.75) is 52.0 Å². The molecule has 25 heavy (non-hydrogen) atoms. The Morgan fingerprint density at radius 1 is 1.36 bits per heavy atom. The molecule has 2 rings (SSSR count). The Balaban J connectivity index is 1.68. The number of hydrogen-bond acceptors (Lipinski definition) is 5. The number of aryl methyl sites for hydroxylation is 1. The zero-order valence-electron chi connectivity index (χ0n) is 14.7. The highest BCUT2D eigenvalue weighted by molar-refractivity contribution is 7.09. The van der Waals surface area contributed by atoms with Crippen LogP contribution in [0.15, 0.2) is 11.6 Å². The first-order valence-electron chi connectivity index (χ1n) is 8.55. The van der Waals surface area contributed by atoms with Crippen molar-refractivity contribution >= 4 is 29.1 Å². The number of amides is 3. The number of nitrogens with zero attached hydrogens (tertiary/aromatic N) is 1. The molecule has 1 aromatic heterocycles. The number of hydrogen-bond donors (Lipinski definition) is 3. The van der Waals surface area contributed by atoms with Crippen LogP contribution in [0, 0.1) is 11.3 Å². The maximum Gasteiger partial charge on any atom is 0.235 e. The molecule has 0 unspecified atom stereocenters. The van der Waals surface area contributed by atoms with Crippen molar-refractivity contribution in [3.63, 3.8) is 0 Å². The van der Waals surface area contributed by atoms with E-state index in [1.807, 2.05) is 5.38 Å². The molecule has 0 bridgehead atoms. The zero-order valence-corrected chi connectivity index (χ0v) is 15.5. The van der Waals surface area contributed by atoms with E-state index in [2.05, 4.69) is 15.6 Å². The minimum absolute atomic E-state index is 0.0414. The molecule has 2 atom stereocenters. The topological polar surface area (TPSA) is 114 Å². The van der Waals surface area contributed by atoms with E-state index in [-0.39, 0.29) is 17.9 Å². The summed E-state index contributed by atoms with van der Waals surface area (Å²) in [4.78, 5) is 39.5. The van der Waals surface area contributed by atoms with Crippen LogP contribution in [0.3, 0.4) is 0 Å². The van der Waals surface area contributed by atoms with Crippen LogP contribution in [-0.2, 0) is 20.8 Å². The fourth-order valence-corrected chi connectivity index (χ4v) is 3.48. The molecule has 8 heteroatoms. The van der Waals surface area contributed by atoms with Crippen LogP contribution in [0.1, 0.15) is 44.5 Å². The van der Waals surface area contributed by atoms with Gasteiger partial charge in [-0.25, -0.2) is 4.98 Å². The molecule has 0 spiro atoms. The second-order valence-corrected chi connectivity index (χ2v) is 8.05. The third kappa shape index (κ3) is 5.52. The monoisotopic (exact) mass is 366 g/mol. The SMILES string of the molecule is CC(C)(C(N)=O)C(=O)NC[C@H]1CC[C@@H](NC(=O)CCc2nccs2)C1. The van der Waals surface area contributed by atoms with Gasteiger partial charge in [0.25, 0.3) is 0 Å². The number of nitrogens with two attached hydrogens (primary N) is 1. The molecule has 1 fully saturated rings. The van der Waals surface area contributed by atoms with Crippen molar-refractivity contribution < 1.29 is 14.4 Å². The summed E-state index contributed by atoms with van der Waals surface area (Å²) < 4.78 is 0. The predicted molar refractivity (Wildman–Crippen MR) is 95.7 cm³/mol. The minimum Gasteiger partial charge on any atom is -0.369 e. The van der Waals surface area contributed by atoms with Crippen molar-refractivity contribution in [3.05, 3.63) is 16.6 Å². The molecule has 4 N–H and O–H groups in total. The fraction of sp³-hybridized carbons (Fsp3) is 0.647. The quantitative estimate of drug-likeness (QED) is 0.595. The molecule has 0 aromatic carbocycles. The fourth-order valence-electron chi connectivity index (χ4n) is 2.86. The lowest BCUT2D eigenvalue weighted by atomic mass is 9.91. The second-order valence-electron chi connectivity index (χ2n) is 7.07.